The fourth-order valence-corrected chi connectivity index (χ4v) is 2.87. The van der Waals surface area contributed by atoms with E-state index in [1.807, 2.05) is 19.9 Å². The van der Waals surface area contributed by atoms with Crippen molar-refractivity contribution in [1.82, 2.24) is 20.3 Å². The fraction of sp³-hybridized carbons (Fsp3) is 0.250. The molecule has 2 heterocycles. The summed E-state index contributed by atoms with van der Waals surface area (Å²) in [5.74, 6) is -0.367. The predicted molar refractivity (Wildman–Crippen MR) is 108 cm³/mol. The van der Waals surface area contributed by atoms with Crippen molar-refractivity contribution in [3.8, 4) is 6.07 Å². The van der Waals surface area contributed by atoms with Crippen molar-refractivity contribution in [1.29, 1.82) is 5.26 Å². The summed E-state index contributed by atoms with van der Waals surface area (Å²) in [4.78, 5) is 24.8. The molecule has 0 fully saturated rings. The van der Waals surface area contributed by atoms with E-state index in [0.29, 0.717) is 35.4 Å². The quantitative estimate of drug-likeness (QED) is 0.586. The van der Waals surface area contributed by atoms with Crippen LogP contribution in [-0.4, -0.2) is 33.4 Å². The van der Waals surface area contributed by atoms with Crippen molar-refractivity contribution in [3.05, 3.63) is 53.2 Å². The topological polar surface area (TPSA) is 130 Å². The Morgan fingerprint density at radius 3 is 2.86 bits per heavy atom. The van der Waals surface area contributed by atoms with Crippen LogP contribution in [0.3, 0.4) is 0 Å². The highest BCUT2D eigenvalue weighted by molar-refractivity contribution is 5.99. The number of nitriles is 1. The number of benzene rings is 1. The van der Waals surface area contributed by atoms with Gasteiger partial charge in [-0.25, -0.2) is 19.3 Å². The molecule has 0 aliphatic heterocycles. The lowest BCUT2D eigenvalue weighted by Gasteiger charge is -2.14. The van der Waals surface area contributed by atoms with Gasteiger partial charge >= 0.3 is 0 Å². The average Bonchev–Trinajstić information content (AvgIpc) is 2.67. The minimum atomic E-state index is -0.456. The number of pyridine rings is 1. The number of nitrogens with zero attached hydrogens (tertiary/aromatic N) is 4. The summed E-state index contributed by atoms with van der Waals surface area (Å²) in [6.07, 6.45) is 1.56. The number of aromatic nitrogens is 3. The molecule has 0 saturated heterocycles. The van der Waals surface area contributed by atoms with E-state index in [2.05, 4.69) is 25.6 Å². The number of hydrogen-bond acceptors (Lipinski definition) is 7. The zero-order chi connectivity index (χ0) is 21.0. The van der Waals surface area contributed by atoms with E-state index < -0.39 is 5.82 Å². The number of nitrogens with one attached hydrogen (secondary N) is 2. The summed E-state index contributed by atoms with van der Waals surface area (Å²) < 4.78 is 14.2. The van der Waals surface area contributed by atoms with E-state index in [4.69, 9.17) is 5.73 Å². The normalized spacial score (nSPS) is 10.7. The first-order chi connectivity index (χ1) is 13.9. The highest BCUT2D eigenvalue weighted by atomic mass is 19.1. The number of fused-ring (bicyclic) bond motifs is 1. The molecule has 1 amide bonds. The van der Waals surface area contributed by atoms with E-state index >= 15 is 0 Å². The van der Waals surface area contributed by atoms with Crippen molar-refractivity contribution < 1.29 is 9.18 Å². The second kappa shape index (κ2) is 8.48. The SMILES string of the molecule is CC(C)NC(=O)c1cc2cccc(F)c2nc1CCNc1ncnc(N)c1C#N. The van der Waals surface area contributed by atoms with E-state index in [1.54, 1.807) is 18.2 Å². The van der Waals surface area contributed by atoms with E-state index in [-0.39, 0.29) is 28.8 Å². The number of para-hydroxylation sites is 1. The molecule has 0 unspecified atom stereocenters. The zero-order valence-corrected chi connectivity index (χ0v) is 16.0. The van der Waals surface area contributed by atoms with Gasteiger partial charge in [-0.2, -0.15) is 5.26 Å². The van der Waals surface area contributed by atoms with E-state index in [1.165, 1.54) is 12.4 Å². The van der Waals surface area contributed by atoms with Crippen LogP contribution in [0.25, 0.3) is 10.9 Å². The molecule has 0 radical (unpaired) electrons. The van der Waals surface area contributed by atoms with Crippen LogP contribution in [0.5, 0.6) is 0 Å². The average molecular weight is 393 g/mol. The summed E-state index contributed by atoms with van der Waals surface area (Å²) in [6, 6.07) is 8.15. The Hall–Kier alpha value is -3.80. The number of anilines is 2. The van der Waals surface area contributed by atoms with E-state index in [9.17, 15) is 14.4 Å². The molecule has 0 saturated carbocycles. The summed E-state index contributed by atoms with van der Waals surface area (Å²) in [7, 11) is 0. The first-order valence-electron chi connectivity index (χ1n) is 9.04. The van der Waals surface area contributed by atoms with Crippen molar-refractivity contribution in [2.24, 2.45) is 0 Å². The van der Waals surface area contributed by atoms with Gasteiger partial charge in [-0.3, -0.25) is 4.79 Å². The second-order valence-corrected chi connectivity index (χ2v) is 6.69. The Bertz CT molecular complexity index is 1110. The van der Waals surface area contributed by atoms with Gasteiger partial charge in [0.05, 0.1) is 11.3 Å². The number of carbonyl (C=O) groups excluding carboxylic acids is 1. The highest BCUT2D eigenvalue weighted by Crippen LogP contribution is 2.21. The number of nitrogen functional groups attached to an aromatic ring is 1. The van der Waals surface area contributed by atoms with Gasteiger partial charge in [0.2, 0.25) is 0 Å². The zero-order valence-electron chi connectivity index (χ0n) is 16.0. The van der Waals surface area contributed by atoms with Crippen molar-refractivity contribution in [2.75, 3.05) is 17.6 Å². The van der Waals surface area contributed by atoms with Gasteiger partial charge in [0.15, 0.2) is 0 Å². The highest BCUT2D eigenvalue weighted by Gasteiger charge is 2.17. The van der Waals surface area contributed by atoms with Crippen LogP contribution in [-0.2, 0) is 6.42 Å². The minimum Gasteiger partial charge on any atom is -0.382 e. The lowest BCUT2D eigenvalue weighted by molar-refractivity contribution is 0.0942. The molecule has 2 aromatic heterocycles. The summed E-state index contributed by atoms with van der Waals surface area (Å²) in [5, 5.41) is 15.6. The molecule has 29 heavy (non-hydrogen) atoms. The van der Waals surface area contributed by atoms with Gasteiger partial charge in [-0.1, -0.05) is 12.1 Å². The van der Waals surface area contributed by atoms with Gasteiger partial charge in [-0.15, -0.1) is 0 Å². The van der Waals surface area contributed by atoms with Crippen molar-refractivity contribution in [2.45, 2.75) is 26.3 Å². The molecule has 3 aromatic rings. The maximum absolute atomic E-state index is 14.2. The second-order valence-electron chi connectivity index (χ2n) is 6.69. The minimum absolute atomic E-state index is 0.0566. The molecule has 0 spiro atoms. The van der Waals surface area contributed by atoms with Crippen LogP contribution in [0.4, 0.5) is 16.0 Å². The number of amides is 1. The molecule has 148 valence electrons. The molecule has 0 aliphatic rings. The Kier molecular flexibility index (Phi) is 5.83. The standard InChI is InChI=1S/C20H20FN7O/c1-11(2)27-20(29)13-8-12-4-3-5-15(21)17(12)28-16(13)6-7-24-19-14(9-22)18(23)25-10-26-19/h3-5,8,10-11H,6-7H2,1-2H3,(H,27,29)(H3,23,24,25,26). The number of rotatable bonds is 6. The Morgan fingerprint density at radius 2 is 2.14 bits per heavy atom. The molecule has 0 aliphatic carbocycles. The molecular formula is C20H20FN7O. The van der Waals surface area contributed by atoms with Gasteiger partial charge < -0.3 is 16.4 Å². The fourth-order valence-electron chi connectivity index (χ4n) is 2.87. The number of nitrogens with two attached hydrogens (primary N) is 1. The lowest BCUT2D eigenvalue weighted by atomic mass is 10.1. The summed E-state index contributed by atoms with van der Waals surface area (Å²) in [5.41, 5.74) is 6.84. The maximum atomic E-state index is 14.2. The van der Waals surface area contributed by atoms with Crippen LogP contribution in [0.1, 0.15) is 35.5 Å². The molecule has 1 aromatic carbocycles. The number of hydrogen-bond donors (Lipinski definition) is 3. The third-order valence-electron chi connectivity index (χ3n) is 4.18. The number of halogens is 1. The Balaban J connectivity index is 1.91. The summed E-state index contributed by atoms with van der Waals surface area (Å²) >= 11 is 0. The van der Waals surface area contributed by atoms with Crippen LogP contribution >= 0.6 is 0 Å². The first kappa shape index (κ1) is 19.9. The Labute approximate surface area is 167 Å². The van der Waals surface area contributed by atoms with Crippen molar-refractivity contribution >= 4 is 28.4 Å². The number of carbonyl (C=O) groups is 1. The van der Waals surface area contributed by atoms with Gasteiger partial charge in [0.1, 0.15) is 40.9 Å². The van der Waals surface area contributed by atoms with Crippen molar-refractivity contribution in [3.63, 3.8) is 0 Å². The van der Waals surface area contributed by atoms with Gasteiger partial charge in [-0.05, 0) is 26.0 Å². The Morgan fingerprint density at radius 1 is 1.34 bits per heavy atom. The summed E-state index contributed by atoms with van der Waals surface area (Å²) in [6.45, 7) is 4.02. The third-order valence-corrected chi connectivity index (χ3v) is 4.18. The molecule has 3 rings (SSSR count). The molecule has 8 nitrogen and oxygen atoms in total. The predicted octanol–water partition coefficient (Wildman–Crippen LogP) is 2.41. The van der Waals surface area contributed by atoms with Crippen LogP contribution < -0.4 is 16.4 Å². The third kappa shape index (κ3) is 4.38. The first-order valence-corrected chi connectivity index (χ1v) is 9.04. The van der Waals surface area contributed by atoms with Crippen LogP contribution in [0, 0.1) is 17.1 Å². The maximum Gasteiger partial charge on any atom is 0.253 e. The van der Waals surface area contributed by atoms with Gasteiger partial charge in [0.25, 0.3) is 5.91 Å². The molecule has 0 bridgehead atoms. The molecule has 9 heteroatoms. The molecule has 4 N–H and O–H groups in total. The van der Waals surface area contributed by atoms with Gasteiger partial charge in [0, 0.05) is 24.4 Å². The molecular weight excluding hydrogens is 373 g/mol. The van der Waals surface area contributed by atoms with E-state index in [0.717, 1.165) is 0 Å². The molecule has 0 atom stereocenters. The van der Waals surface area contributed by atoms with Crippen LogP contribution in [0.2, 0.25) is 0 Å². The monoisotopic (exact) mass is 393 g/mol. The largest absolute Gasteiger partial charge is 0.382 e. The van der Waals surface area contributed by atoms with Crippen LogP contribution in [0.15, 0.2) is 30.6 Å². The smallest absolute Gasteiger partial charge is 0.253 e. The lowest BCUT2D eigenvalue weighted by Crippen LogP contribution is -2.31.